The second kappa shape index (κ2) is 8.09. The number of rotatable bonds is 10. The molecule has 0 aliphatic carbocycles. The van der Waals surface area contributed by atoms with Crippen LogP contribution >= 0.6 is 0 Å². The Labute approximate surface area is 136 Å². The standard InChI is InChI=1S/C18H35NO3/c1-4-5-6-7-8-9-10-13-16(2)17(3)21-18(20,22-17)19-14-11-12-15-19/h16,20H,4-15H2,1-3H3. The van der Waals surface area contributed by atoms with Crippen molar-refractivity contribution in [1.82, 2.24) is 4.90 Å². The lowest BCUT2D eigenvalue weighted by atomic mass is 9.93. The Morgan fingerprint density at radius 3 is 2.14 bits per heavy atom. The monoisotopic (exact) mass is 313 g/mol. The van der Waals surface area contributed by atoms with Crippen molar-refractivity contribution in [2.45, 2.75) is 96.9 Å². The van der Waals surface area contributed by atoms with Crippen LogP contribution in [0, 0.1) is 5.92 Å². The van der Waals surface area contributed by atoms with E-state index in [1.165, 1.54) is 44.9 Å². The van der Waals surface area contributed by atoms with E-state index in [0.717, 1.165) is 32.4 Å². The van der Waals surface area contributed by atoms with E-state index in [0.29, 0.717) is 5.92 Å². The fraction of sp³-hybridized carbons (Fsp3) is 1.00. The molecule has 22 heavy (non-hydrogen) atoms. The Bertz CT molecular complexity index is 322. The normalized spacial score (nSPS) is 33.8. The quantitative estimate of drug-likeness (QED) is 0.613. The number of ether oxygens (including phenoxy) is 2. The maximum Gasteiger partial charge on any atom is 0.355 e. The Morgan fingerprint density at radius 1 is 1.00 bits per heavy atom. The summed E-state index contributed by atoms with van der Waals surface area (Å²) in [6.45, 7) is 8.10. The zero-order valence-corrected chi connectivity index (χ0v) is 14.8. The molecule has 2 rings (SSSR count). The van der Waals surface area contributed by atoms with Crippen molar-refractivity contribution in [2.24, 2.45) is 5.92 Å². The van der Waals surface area contributed by atoms with Gasteiger partial charge < -0.3 is 5.11 Å². The molecule has 2 aliphatic heterocycles. The molecule has 2 aliphatic rings. The molecule has 0 aromatic rings. The summed E-state index contributed by atoms with van der Waals surface area (Å²) in [7, 11) is 0. The molecule has 0 bridgehead atoms. The molecule has 0 saturated carbocycles. The minimum Gasteiger partial charge on any atom is -0.330 e. The van der Waals surface area contributed by atoms with Gasteiger partial charge in [0.05, 0.1) is 0 Å². The first-order valence-corrected chi connectivity index (χ1v) is 9.38. The van der Waals surface area contributed by atoms with Crippen molar-refractivity contribution >= 4 is 0 Å². The third-order valence-electron chi connectivity index (χ3n) is 5.31. The zero-order valence-electron chi connectivity index (χ0n) is 14.8. The van der Waals surface area contributed by atoms with Crippen LogP contribution < -0.4 is 0 Å². The van der Waals surface area contributed by atoms with Crippen molar-refractivity contribution in [2.75, 3.05) is 13.1 Å². The molecule has 4 heteroatoms. The number of nitrogens with zero attached hydrogens (tertiary/aromatic N) is 1. The summed E-state index contributed by atoms with van der Waals surface area (Å²) in [5.41, 5.74) is 0. The van der Waals surface area contributed by atoms with Gasteiger partial charge in [0.25, 0.3) is 0 Å². The maximum absolute atomic E-state index is 10.4. The highest BCUT2D eigenvalue weighted by Gasteiger charge is 2.60. The van der Waals surface area contributed by atoms with Crippen molar-refractivity contribution in [1.29, 1.82) is 0 Å². The van der Waals surface area contributed by atoms with Gasteiger partial charge in [0.2, 0.25) is 0 Å². The van der Waals surface area contributed by atoms with E-state index in [4.69, 9.17) is 9.47 Å². The van der Waals surface area contributed by atoms with Crippen LogP contribution in [0.3, 0.4) is 0 Å². The third-order valence-corrected chi connectivity index (χ3v) is 5.31. The van der Waals surface area contributed by atoms with Crippen molar-refractivity contribution in [3.05, 3.63) is 0 Å². The molecule has 2 fully saturated rings. The van der Waals surface area contributed by atoms with Gasteiger partial charge in [0.1, 0.15) is 0 Å². The fourth-order valence-electron chi connectivity index (χ4n) is 3.54. The summed E-state index contributed by atoms with van der Waals surface area (Å²) in [4.78, 5) is 1.90. The fourth-order valence-corrected chi connectivity index (χ4v) is 3.54. The second-order valence-corrected chi connectivity index (χ2v) is 7.27. The van der Waals surface area contributed by atoms with Gasteiger partial charge in [-0.3, -0.25) is 9.47 Å². The zero-order chi connectivity index (χ0) is 16.1. The van der Waals surface area contributed by atoms with Crippen LogP contribution in [-0.2, 0) is 9.47 Å². The van der Waals surface area contributed by atoms with E-state index >= 15 is 0 Å². The highest BCUT2D eigenvalue weighted by atomic mass is 17.0. The summed E-state index contributed by atoms with van der Waals surface area (Å²) in [5, 5.41) is 10.4. The van der Waals surface area contributed by atoms with E-state index in [1.807, 2.05) is 11.8 Å². The Hall–Kier alpha value is -0.160. The van der Waals surface area contributed by atoms with Gasteiger partial charge in [0, 0.05) is 19.0 Å². The molecule has 130 valence electrons. The number of hydrogen-bond acceptors (Lipinski definition) is 4. The summed E-state index contributed by atoms with van der Waals surface area (Å²) in [6, 6.07) is 0. The third kappa shape index (κ3) is 4.44. The average Bonchev–Trinajstić information content (AvgIpc) is 2.99. The van der Waals surface area contributed by atoms with Crippen LogP contribution in [0.25, 0.3) is 0 Å². The maximum atomic E-state index is 10.4. The molecular formula is C18H35NO3. The van der Waals surface area contributed by atoms with Crippen molar-refractivity contribution in [3.8, 4) is 0 Å². The van der Waals surface area contributed by atoms with E-state index in [9.17, 15) is 5.11 Å². The van der Waals surface area contributed by atoms with Gasteiger partial charge in [-0.1, -0.05) is 58.8 Å². The highest BCUT2D eigenvalue weighted by molar-refractivity contribution is 4.85. The summed E-state index contributed by atoms with van der Waals surface area (Å²) in [5.74, 6) is -0.314. The van der Waals surface area contributed by atoms with Gasteiger partial charge in [-0.25, -0.2) is 4.90 Å². The Kier molecular flexibility index (Phi) is 6.69. The van der Waals surface area contributed by atoms with E-state index in [-0.39, 0.29) is 0 Å². The molecule has 0 spiro atoms. The molecule has 1 N–H and O–H groups in total. The molecule has 0 radical (unpaired) electrons. The van der Waals surface area contributed by atoms with Gasteiger partial charge in [0.15, 0.2) is 5.79 Å². The molecule has 4 nitrogen and oxygen atoms in total. The lowest BCUT2D eigenvalue weighted by Gasteiger charge is -2.55. The topological polar surface area (TPSA) is 41.9 Å². The Balaban J connectivity index is 1.60. The van der Waals surface area contributed by atoms with E-state index < -0.39 is 11.9 Å². The number of aliphatic hydroxyl groups is 1. The minimum absolute atomic E-state index is 0.311. The summed E-state index contributed by atoms with van der Waals surface area (Å²) >= 11 is 0. The van der Waals surface area contributed by atoms with Gasteiger partial charge >= 0.3 is 6.10 Å². The minimum atomic E-state index is -1.46. The first kappa shape index (κ1) is 18.2. The molecule has 0 aromatic carbocycles. The lowest BCUT2D eigenvalue weighted by Crippen LogP contribution is -2.70. The first-order chi connectivity index (χ1) is 10.5. The number of hydrogen-bond donors (Lipinski definition) is 1. The summed E-state index contributed by atoms with van der Waals surface area (Å²) < 4.78 is 11.7. The largest absolute Gasteiger partial charge is 0.355 e. The average molecular weight is 313 g/mol. The Morgan fingerprint density at radius 2 is 1.55 bits per heavy atom. The van der Waals surface area contributed by atoms with Crippen LogP contribution in [-0.4, -0.2) is 35.0 Å². The van der Waals surface area contributed by atoms with Gasteiger partial charge in [-0.15, -0.1) is 0 Å². The van der Waals surface area contributed by atoms with E-state index in [2.05, 4.69) is 13.8 Å². The molecule has 1 atom stereocenters. The van der Waals surface area contributed by atoms with Gasteiger partial charge in [-0.05, 0) is 26.2 Å². The van der Waals surface area contributed by atoms with Crippen molar-refractivity contribution < 1.29 is 14.6 Å². The number of unbranched alkanes of at least 4 members (excludes halogenated alkanes) is 6. The van der Waals surface area contributed by atoms with Crippen LogP contribution in [0.1, 0.15) is 85.0 Å². The predicted molar refractivity (Wildman–Crippen MR) is 88.1 cm³/mol. The van der Waals surface area contributed by atoms with Crippen molar-refractivity contribution in [3.63, 3.8) is 0 Å². The SMILES string of the molecule is CCCCCCCCCC(C)C1(C)OC(O)(N2CCCC2)O1. The first-order valence-electron chi connectivity index (χ1n) is 9.38. The van der Waals surface area contributed by atoms with Gasteiger partial charge in [-0.2, -0.15) is 0 Å². The van der Waals surface area contributed by atoms with E-state index in [1.54, 1.807) is 0 Å². The van der Waals surface area contributed by atoms with Crippen LogP contribution in [0.4, 0.5) is 0 Å². The molecular weight excluding hydrogens is 278 g/mol. The highest BCUT2D eigenvalue weighted by Crippen LogP contribution is 2.45. The van der Waals surface area contributed by atoms with Crippen LogP contribution in [0.5, 0.6) is 0 Å². The second-order valence-electron chi connectivity index (χ2n) is 7.27. The molecule has 0 amide bonds. The van der Waals surface area contributed by atoms with Crippen LogP contribution in [0.2, 0.25) is 0 Å². The molecule has 1 unspecified atom stereocenters. The number of likely N-dealkylation sites (tertiary alicyclic amines) is 1. The smallest absolute Gasteiger partial charge is 0.330 e. The van der Waals surface area contributed by atoms with Crippen LogP contribution in [0.15, 0.2) is 0 Å². The molecule has 0 aromatic heterocycles. The lowest BCUT2D eigenvalue weighted by molar-refractivity contribution is -0.623. The molecule has 2 saturated heterocycles. The summed E-state index contributed by atoms with van der Waals surface area (Å²) in [6.07, 6.45) is 11.1. The molecule has 2 heterocycles. The predicted octanol–water partition coefficient (Wildman–Crippen LogP) is 4.23.